The summed E-state index contributed by atoms with van der Waals surface area (Å²) in [5.74, 6) is 5.34. The Morgan fingerprint density at radius 1 is 1.42 bits per heavy atom. The maximum absolute atomic E-state index is 10.9. The Balaban J connectivity index is 2.94. The SMILES string of the molecule is CCOCCN(CC)c1cc(NN)cc([N+](=O)[O-])c1. The Hall–Kier alpha value is -1.86. The average Bonchev–Trinajstić information content (AvgIpc) is 2.43. The van der Waals surface area contributed by atoms with E-state index in [1.54, 1.807) is 6.07 Å². The van der Waals surface area contributed by atoms with Gasteiger partial charge < -0.3 is 15.1 Å². The van der Waals surface area contributed by atoms with Gasteiger partial charge in [0.05, 0.1) is 17.2 Å². The van der Waals surface area contributed by atoms with E-state index in [9.17, 15) is 10.1 Å². The number of benzene rings is 1. The van der Waals surface area contributed by atoms with E-state index in [0.717, 1.165) is 12.2 Å². The van der Waals surface area contributed by atoms with Crippen molar-refractivity contribution in [3.8, 4) is 0 Å². The molecular weight excluding hydrogens is 248 g/mol. The largest absolute Gasteiger partial charge is 0.380 e. The van der Waals surface area contributed by atoms with Crippen molar-refractivity contribution in [1.29, 1.82) is 0 Å². The van der Waals surface area contributed by atoms with Crippen LogP contribution in [0, 0.1) is 10.1 Å². The van der Waals surface area contributed by atoms with Crippen LogP contribution in [-0.4, -0.2) is 31.2 Å². The van der Waals surface area contributed by atoms with Crippen LogP contribution < -0.4 is 16.2 Å². The quantitative estimate of drug-likeness (QED) is 0.323. The highest BCUT2D eigenvalue weighted by molar-refractivity contribution is 5.64. The smallest absolute Gasteiger partial charge is 0.273 e. The highest BCUT2D eigenvalue weighted by atomic mass is 16.6. The molecule has 1 aromatic carbocycles. The summed E-state index contributed by atoms with van der Waals surface area (Å²) >= 11 is 0. The number of nitrogens with zero attached hydrogens (tertiary/aromatic N) is 2. The van der Waals surface area contributed by atoms with Gasteiger partial charge in [0, 0.05) is 37.5 Å². The normalized spacial score (nSPS) is 10.3. The van der Waals surface area contributed by atoms with Crippen LogP contribution in [0.3, 0.4) is 0 Å². The number of ether oxygens (including phenoxy) is 1. The molecule has 0 aliphatic carbocycles. The Labute approximate surface area is 112 Å². The number of rotatable bonds is 8. The number of likely N-dealkylation sites (N-methyl/N-ethyl adjacent to an activating group) is 1. The van der Waals surface area contributed by atoms with Crippen molar-refractivity contribution >= 4 is 17.1 Å². The third kappa shape index (κ3) is 4.38. The van der Waals surface area contributed by atoms with Gasteiger partial charge in [-0.05, 0) is 19.9 Å². The lowest BCUT2D eigenvalue weighted by Crippen LogP contribution is -2.27. The highest BCUT2D eigenvalue weighted by Crippen LogP contribution is 2.26. The Bertz CT molecular complexity index is 425. The monoisotopic (exact) mass is 268 g/mol. The number of hydrogen-bond acceptors (Lipinski definition) is 6. The number of non-ortho nitro benzene ring substituents is 1. The predicted molar refractivity (Wildman–Crippen MR) is 75.3 cm³/mol. The molecule has 0 saturated heterocycles. The average molecular weight is 268 g/mol. The summed E-state index contributed by atoms with van der Waals surface area (Å²) in [4.78, 5) is 12.5. The molecule has 0 aliphatic heterocycles. The van der Waals surface area contributed by atoms with Crippen LogP contribution in [0.5, 0.6) is 0 Å². The molecule has 0 fully saturated rings. The molecule has 3 N–H and O–H groups in total. The summed E-state index contributed by atoms with van der Waals surface area (Å²) in [5.41, 5.74) is 3.73. The first-order chi connectivity index (χ1) is 9.12. The highest BCUT2D eigenvalue weighted by Gasteiger charge is 2.13. The molecule has 19 heavy (non-hydrogen) atoms. The van der Waals surface area contributed by atoms with Gasteiger partial charge in [-0.2, -0.15) is 0 Å². The first kappa shape index (κ1) is 15.2. The first-order valence-corrected chi connectivity index (χ1v) is 6.21. The van der Waals surface area contributed by atoms with E-state index in [1.807, 2.05) is 18.7 Å². The van der Waals surface area contributed by atoms with Crippen LogP contribution in [0.15, 0.2) is 18.2 Å². The van der Waals surface area contributed by atoms with Crippen molar-refractivity contribution in [2.45, 2.75) is 13.8 Å². The lowest BCUT2D eigenvalue weighted by atomic mass is 10.2. The molecule has 7 heteroatoms. The van der Waals surface area contributed by atoms with Gasteiger partial charge in [0.2, 0.25) is 0 Å². The Kier molecular flexibility index (Phi) is 6.04. The lowest BCUT2D eigenvalue weighted by Gasteiger charge is -2.23. The fraction of sp³-hybridized carbons (Fsp3) is 0.500. The third-order valence-corrected chi connectivity index (χ3v) is 2.74. The van der Waals surface area contributed by atoms with Crippen molar-refractivity contribution < 1.29 is 9.66 Å². The van der Waals surface area contributed by atoms with Crippen LogP contribution in [0.25, 0.3) is 0 Å². The predicted octanol–water partition coefficient (Wildman–Crippen LogP) is 1.74. The van der Waals surface area contributed by atoms with Crippen molar-refractivity contribution in [3.05, 3.63) is 28.3 Å². The molecule has 0 amide bonds. The van der Waals surface area contributed by atoms with E-state index in [4.69, 9.17) is 10.6 Å². The van der Waals surface area contributed by atoms with Gasteiger partial charge in [0.1, 0.15) is 0 Å². The zero-order valence-electron chi connectivity index (χ0n) is 11.3. The molecule has 0 atom stereocenters. The maximum Gasteiger partial charge on any atom is 0.273 e. The third-order valence-electron chi connectivity index (χ3n) is 2.74. The molecule has 0 unspecified atom stereocenters. The second-order valence-electron chi connectivity index (χ2n) is 3.92. The standard InChI is InChI=1S/C12H20N4O3/c1-3-15(5-6-19-4-2)11-7-10(14-13)8-12(9-11)16(17)18/h7-9,14H,3-6,13H2,1-2H3. The van der Waals surface area contributed by atoms with E-state index >= 15 is 0 Å². The fourth-order valence-corrected chi connectivity index (χ4v) is 1.76. The molecule has 0 saturated carbocycles. The summed E-state index contributed by atoms with van der Waals surface area (Å²) in [6.07, 6.45) is 0. The number of hydrogen-bond donors (Lipinski definition) is 2. The maximum atomic E-state index is 10.9. The molecule has 106 valence electrons. The van der Waals surface area contributed by atoms with Crippen LogP contribution in [0.2, 0.25) is 0 Å². The molecule has 0 aliphatic rings. The van der Waals surface area contributed by atoms with Crippen LogP contribution in [0.1, 0.15) is 13.8 Å². The molecule has 7 nitrogen and oxygen atoms in total. The van der Waals surface area contributed by atoms with Crippen molar-refractivity contribution in [2.75, 3.05) is 36.6 Å². The van der Waals surface area contributed by atoms with Crippen molar-refractivity contribution in [2.24, 2.45) is 5.84 Å². The van der Waals surface area contributed by atoms with E-state index < -0.39 is 4.92 Å². The molecule has 0 radical (unpaired) electrons. The van der Waals surface area contributed by atoms with Gasteiger partial charge in [-0.15, -0.1) is 0 Å². The molecule has 0 bridgehead atoms. The van der Waals surface area contributed by atoms with Gasteiger partial charge >= 0.3 is 0 Å². The van der Waals surface area contributed by atoms with Crippen molar-refractivity contribution in [3.63, 3.8) is 0 Å². The van der Waals surface area contributed by atoms with E-state index in [-0.39, 0.29) is 5.69 Å². The Morgan fingerprint density at radius 2 is 2.16 bits per heavy atom. The molecule has 1 rings (SSSR count). The zero-order valence-corrected chi connectivity index (χ0v) is 11.3. The minimum absolute atomic E-state index is 0.0142. The first-order valence-electron chi connectivity index (χ1n) is 6.21. The van der Waals surface area contributed by atoms with Crippen LogP contribution in [0.4, 0.5) is 17.1 Å². The van der Waals surface area contributed by atoms with Gasteiger partial charge in [-0.3, -0.25) is 16.0 Å². The van der Waals surface area contributed by atoms with E-state index in [0.29, 0.717) is 25.4 Å². The van der Waals surface area contributed by atoms with Gasteiger partial charge in [-0.25, -0.2) is 0 Å². The number of nitrogen functional groups attached to an aromatic ring is 1. The number of hydrazine groups is 1. The van der Waals surface area contributed by atoms with Gasteiger partial charge in [0.25, 0.3) is 5.69 Å². The molecular formula is C12H20N4O3. The minimum Gasteiger partial charge on any atom is -0.380 e. The second kappa shape index (κ2) is 7.55. The number of nitrogens with two attached hydrogens (primary N) is 1. The second-order valence-corrected chi connectivity index (χ2v) is 3.92. The van der Waals surface area contributed by atoms with Gasteiger partial charge in [-0.1, -0.05) is 0 Å². The molecule has 0 aromatic heterocycles. The summed E-state index contributed by atoms with van der Waals surface area (Å²) < 4.78 is 5.31. The number of anilines is 2. The van der Waals surface area contributed by atoms with Gasteiger partial charge in [0.15, 0.2) is 0 Å². The Morgan fingerprint density at radius 3 is 2.68 bits per heavy atom. The lowest BCUT2D eigenvalue weighted by molar-refractivity contribution is -0.384. The summed E-state index contributed by atoms with van der Waals surface area (Å²) in [6, 6.07) is 4.72. The number of nitrogens with one attached hydrogen (secondary N) is 1. The molecule has 0 heterocycles. The number of nitro groups is 1. The van der Waals surface area contributed by atoms with Crippen LogP contribution >= 0.6 is 0 Å². The van der Waals surface area contributed by atoms with E-state index in [2.05, 4.69) is 5.43 Å². The molecule has 0 spiro atoms. The van der Waals surface area contributed by atoms with Crippen molar-refractivity contribution in [1.82, 2.24) is 0 Å². The zero-order chi connectivity index (χ0) is 14.3. The summed E-state index contributed by atoms with van der Waals surface area (Å²) in [6.45, 7) is 6.56. The van der Waals surface area contributed by atoms with E-state index in [1.165, 1.54) is 12.1 Å². The topological polar surface area (TPSA) is 93.7 Å². The molecule has 1 aromatic rings. The minimum atomic E-state index is -0.430. The number of nitro benzene ring substituents is 1. The fourth-order valence-electron chi connectivity index (χ4n) is 1.76. The summed E-state index contributed by atoms with van der Waals surface area (Å²) in [5, 5.41) is 10.9. The van der Waals surface area contributed by atoms with Crippen LogP contribution in [-0.2, 0) is 4.74 Å². The summed E-state index contributed by atoms with van der Waals surface area (Å²) in [7, 11) is 0.